The lowest BCUT2D eigenvalue weighted by Crippen LogP contribution is -2.15. The van der Waals surface area contributed by atoms with Crippen molar-refractivity contribution in [3.8, 4) is 16.8 Å². The molecule has 0 fully saturated rings. The van der Waals surface area contributed by atoms with E-state index in [2.05, 4.69) is 186 Å². The Kier molecular flexibility index (Phi) is 6.15. The van der Waals surface area contributed by atoms with Crippen LogP contribution in [-0.2, 0) is 5.41 Å². The largest absolute Gasteiger partial charge is 0.355 e. The Morgan fingerprint density at radius 1 is 0.490 bits per heavy atom. The first-order valence-corrected chi connectivity index (χ1v) is 17.7. The summed E-state index contributed by atoms with van der Waals surface area (Å²) in [5.74, 6) is 0. The standard InChI is InChI=1S/C45H33N3S/c1-45(2)37-13-5-3-11-33(37)34-25-19-29(27-38(34)45)46-30-20-26-36-35-12-4-6-14-39(35)47(42(36)28-30)31-21-23-32(24-22-31)48-40-15-7-9-17-43(40)49-44-18-10-8-16-41(44)48/h3-28,46H,1-2H3. The Labute approximate surface area is 290 Å². The van der Waals surface area contributed by atoms with Gasteiger partial charge in [0.05, 0.1) is 22.4 Å². The zero-order valence-electron chi connectivity index (χ0n) is 27.3. The molecule has 10 rings (SSSR count). The molecule has 8 aromatic rings. The predicted molar refractivity (Wildman–Crippen MR) is 207 cm³/mol. The number of fused-ring (bicyclic) bond motifs is 8. The molecule has 49 heavy (non-hydrogen) atoms. The van der Waals surface area contributed by atoms with E-state index >= 15 is 0 Å². The molecule has 0 saturated carbocycles. The normalized spacial score (nSPS) is 14.0. The summed E-state index contributed by atoms with van der Waals surface area (Å²) in [4.78, 5) is 4.92. The van der Waals surface area contributed by atoms with E-state index in [1.54, 1.807) is 0 Å². The number of hydrogen-bond acceptors (Lipinski definition) is 3. The van der Waals surface area contributed by atoms with E-state index in [0.717, 1.165) is 22.7 Å². The summed E-state index contributed by atoms with van der Waals surface area (Å²) in [6.07, 6.45) is 0. The van der Waals surface area contributed by atoms with Gasteiger partial charge in [-0.05, 0) is 101 Å². The molecule has 0 unspecified atom stereocenters. The molecule has 0 atom stereocenters. The molecule has 2 heterocycles. The van der Waals surface area contributed by atoms with Gasteiger partial charge in [-0.2, -0.15) is 0 Å². The van der Waals surface area contributed by atoms with Crippen LogP contribution in [0.2, 0.25) is 0 Å². The van der Waals surface area contributed by atoms with Gasteiger partial charge >= 0.3 is 0 Å². The third-order valence-electron chi connectivity index (χ3n) is 10.3. The highest BCUT2D eigenvalue weighted by Crippen LogP contribution is 2.52. The monoisotopic (exact) mass is 647 g/mol. The molecular weight excluding hydrogens is 615 g/mol. The number of anilines is 5. The second-order valence-corrected chi connectivity index (χ2v) is 14.6. The molecule has 4 heteroatoms. The van der Waals surface area contributed by atoms with Gasteiger partial charge in [-0.1, -0.05) is 104 Å². The molecule has 7 aromatic carbocycles. The maximum absolute atomic E-state index is 3.76. The Morgan fingerprint density at radius 2 is 1.08 bits per heavy atom. The van der Waals surface area contributed by atoms with Crippen molar-refractivity contribution in [1.82, 2.24) is 4.57 Å². The van der Waals surface area contributed by atoms with E-state index in [4.69, 9.17) is 0 Å². The zero-order valence-corrected chi connectivity index (χ0v) is 28.1. The minimum atomic E-state index is -0.0383. The van der Waals surface area contributed by atoms with Crippen LogP contribution in [0.1, 0.15) is 25.0 Å². The van der Waals surface area contributed by atoms with E-state index in [1.165, 1.54) is 65.2 Å². The van der Waals surface area contributed by atoms with Gasteiger partial charge < -0.3 is 14.8 Å². The number of rotatable bonds is 4. The highest BCUT2D eigenvalue weighted by atomic mass is 32.2. The molecule has 234 valence electrons. The summed E-state index contributed by atoms with van der Waals surface area (Å²) in [6.45, 7) is 4.66. The molecule has 2 aliphatic rings. The highest BCUT2D eigenvalue weighted by Gasteiger charge is 2.35. The smallest absolute Gasteiger partial charge is 0.0601 e. The van der Waals surface area contributed by atoms with Crippen molar-refractivity contribution in [3.05, 3.63) is 169 Å². The Morgan fingerprint density at radius 3 is 1.88 bits per heavy atom. The first-order chi connectivity index (χ1) is 24.0. The van der Waals surface area contributed by atoms with Gasteiger partial charge in [0, 0.05) is 48.7 Å². The first-order valence-electron chi connectivity index (χ1n) is 16.9. The quantitative estimate of drug-likeness (QED) is 0.205. The number of nitrogens with one attached hydrogen (secondary N) is 1. The summed E-state index contributed by atoms with van der Waals surface area (Å²) < 4.78 is 2.40. The Hall–Kier alpha value is -5.71. The molecule has 0 spiro atoms. The Bertz CT molecular complexity index is 2550. The zero-order chi connectivity index (χ0) is 32.7. The third-order valence-corrected chi connectivity index (χ3v) is 11.5. The van der Waals surface area contributed by atoms with E-state index < -0.39 is 0 Å². The lowest BCUT2D eigenvalue weighted by atomic mass is 9.82. The summed E-state index contributed by atoms with van der Waals surface area (Å²) >= 11 is 1.84. The molecular formula is C45H33N3S. The topological polar surface area (TPSA) is 20.2 Å². The van der Waals surface area contributed by atoms with Crippen LogP contribution < -0.4 is 10.2 Å². The Balaban J connectivity index is 1.05. The van der Waals surface area contributed by atoms with E-state index in [-0.39, 0.29) is 5.41 Å². The van der Waals surface area contributed by atoms with Crippen LogP contribution >= 0.6 is 11.8 Å². The maximum atomic E-state index is 3.76. The van der Waals surface area contributed by atoms with Crippen LogP contribution in [0.5, 0.6) is 0 Å². The van der Waals surface area contributed by atoms with Crippen LogP contribution in [0.15, 0.2) is 168 Å². The average molecular weight is 648 g/mol. The van der Waals surface area contributed by atoms with E-state index in [9.17, 15) is 0 Å². The fourth-order valence-corrected chi connectivity index (χ4v) is 9.07. The molecule has 1 aliphatic carbocycles. The van der Waals surface area contributed by atoms with Crippen LogP contribution in [0.3, 0.4) is 0 Å². The van der Waals surface area contributed by atoms with Gasteiger partial charge in [0.1, 0.15) is 0 Å². The predicted octanol–water partition coefficient (Wildman–Crippen LogP) is 12.8. The highest BCUT2D eigenvalue weighted by molar-refractivity contribution is 7.99. The molecule has 3 nitrogen and oxygen atoms in total. The van der Waals surface area contributed by atoms with Gasteiger partial charge in [0.15, 0.2) is 0 Å². The molecule has 1 N–H and O–H groups in total. The molecule has 1 aliphatic heterocycles. The third kappa shape index (κ3) is 4.30. The number of hydrogen-bond donors (Lipinski definition) is 1. The summed E-state index contributed by atoms with van der Waals surface area (Å²) in [7, 11) is 0. The van der Waals surface area contributed by atoms with Crippen LogP contribution in [0, 0.1) is 0 Å². The molecule has 0 radical (unpaired) electrons. The van der Waals surface area contributed by atoms with Crippen LogP contribution in [0.25, 0.3) is 38.6 Å². The van der Waals surface area contributed by atoms with Crippen LogP contribution in [0.4, 0.5) is 28.4 Å². The van der Waals surface area contributed by atoms with Crippen molar-refractivity contribution in [2.75, 3.05) is 10.2 Å². The van der Waals surface area contributed by atoms with Gasteiger partial charge in [0.2, 0.25) is 0 Å². The van der Waals surface area contributed by atoms with Crippen LogP contribution in [-0.4, -0.2) is 4.57 Å². The molecule has 0 saturated heterocycles. The second kappa shape index (κ2) is 10.6. The molecule has 1 aromatic heterocycles. The van der Waals surface area contributed by atoms with E-state index in [0.29, 0.717) is 0 Å². The number of benzene rings is 7. The number of aromatic nitrogens is 1. The fourth-order valence-electron chi connectivity index (χ4n) is 8.01. The van der Waals surface area contributed by atoms with Crippen molar-refractivity contribution < 1.29 is 0 Å². The van der Waals surface area contributed by atoms with Crippen molar-refractivity contribution in [1.29, 1.82) is 0 Å². The fraction of sp³-hybridized carbons (Fsp3) is 0.0667. The van der Waals surface area contributed by atoms with Crippen molar-refractivity contribution in [2.24, 2.45) is 0 Å². The maximum Gasteiger partial charge on any atom is 0.0601 e. The lowest BCUT2D eigenvalue weighted by molar-refractivity contribution is 0.660. The minimum absolute atomic E-state index is 0.0383. The number of para-hydroxylation sites is 3. The summed E-state index contributed by atoms with van der Waals surface area (Å²) in [5, 5.41) is 6.26. The van der Waals surface area contributed by atoms with Crippen molar-refractivity contribution >= 4 is 62.0 Å². The second-order valence-electron chi connectivity index (χ2n) is 13.5. The lowest BCUT2D eigenvalue weighted by Gasteiger charge is -2.32. The average Bonchev–Trinajstić information content (AvgIpc) is 3.58. The van der Waals surface area contributed by atoms with Gasteiger partial charge in [-0.25, -0.2) is 0 Å². The van der Waals surface area contributed by atoms with Gasteiger partial charge in [0.25, 0.3) is 0 Å². The summed E-state index contributed by atoms with van der Waals surface area (Å²) in [6, 6.07) is 57.5. The SMILES string of the molecule is CC1(C)c2ccccc2-c2ccc(Nc3ccc4c5ccccc5n(-c5ccc(N6c7ccccc7Sc7ccccc76)cc5)c4c3)cc21. The number of nitrogens with zero attached hydrogens (tertiary/aromatic N) is 2. The van der Waals surface area contributed by atoms with Gasteiger partial charge in [-0.3, -0.25) is 0 Å². The van der Waals surface area contributed by atoms with E-state index in [1.807, 2.05) is 11.8 Å². The summed E-state index contributed by atoms with van der Waals surface area (Å²) in [5.41, 5.74) is 14.7. The van der Waals surface area contributed by atoms with Crippen molar-refractivity contribution in [2.45, 2.75) is 29.1 Å². The van der Waals surface area contributed by atoms with Crippen molar-refractivity contribution in [3.63, 3.8) is 0 Å². The minimum Gasteiger partial charge on any atom is -0.355 e. The molecule has 0 amide bonds. The molecule has 0 bridgehead atoms. The van der Waals surface area contributed by atoms with Gasteiger partial charge in [-0.15, -0.1) is 0 Å². The first kappa shape index (κ1) is 28.3.